The molecular formula is C9H19N3O2S. The molecule has 0 spiro atoms. The molecule has 15 heavy (non-hydrogen) atoms. The van der Waals surface area contributed by atoms with E-state index in [1.165, 1.54) is 8.61 Å². The highest BCUT2D eigenvalue weighted by Crippen LogP contribution is 2.11. The molecule has 2 N–H and O–H groups in total. The highest BCUT2D eigenvalue weighted by Gasteiger charge is 2.25. The van der Waals surface area contributed by atoms with E-state index in [1.54, 1.807) is 7.05 Å². The summed E-state index contributed by atoms with van der Waals surface area (Å²) in [6.45, 7) is 2.06. The molecule has 0 aromatic carbocycles. The molecule has 1 rings (SSSR count). The first-order valence-electron chi connectivity index (χ1n) is 5.15. The maximum Gasteiger partial charge on any atom is 0.282 e. The largest absolute Gasteiger partial charge is 0.330 e. The quantitative estimate of drug-likeness (QED) is 0.667. The third-order valence-corrected chi connectivity index (χ3v) is 4.37. The Kier molecular flexibility index (Phi) is 4.72. The van der Waals surface area contributed by atoms with E-state index in [-0.39, 0.29) is 0 Å². The summed E-state index contributed by atoms with van der Waals surface area (Å²) in [5.74, 6) is 0. The second-order valence-electron chi connectivity index (χ2n) is 3.59. The Balaban J connectivity index is 2.60. The Bertz CT molecular complexity index is 313. The molecular weight excluding hydrogens is 214 g/mol. The molecule has 0 aromatic heterocycles. The first kappa shape index (κ1) is 12.6. The van der Waals surface area contributed by atoms with Crippen LogP contribution in [0.15, 0.2) is 12.2 Å². The lowest BCUT2D eigenvalue weighted by Crippen LogP contribution is -2.43. The molecule has 0 atom stereocenters. The van der Waals surface area contributed by atoms with Crippen LogP contribution in [0.3, 0.4) is 0 Å². The van der Waals surface area contributed by atoms with Crippen molar-refractivity contribution in [3.8, 4) is 0 Å². The van der Waals surface area contributed by atoms with Gasteiger partial charge in [-0.1, -0.05) is 12.2 Å². The van der Waals surface area contributed by atoms with Crippen molar-refractivity contribution in [1.29, 1.82) is 0 Å². The molecule has 0 saturated carbocycles. The van der Waals surface area contributed by atoms with Gasteiger partial charge in [0.25, 0.3) is 10.2 Å². The van der Waals surface area contributed by atoms with E-state index < -0.39 is 10.2 Å². The summed E-state index contributed by atoms with van der Waals surface area (Å²) in [6, 6.07) is 0. The van der Waals surface area contributed by atoms with E-state index in [9.17, 15) is 8.42 Å². The van der Waals surface area contributed by atoms with Crippen LogP contribution in [0.2, 0.25) is 0 Å². The predicted octanol–water partition coefficient (Wildman–Crippen LogP) is -0.226. The van der Waals surface area contributed by atoms with Crippen molar-refractivity contribution in [2.45, 2.75) is 12.8 Å². The first-order chi connectivity index (χ1) is 7.09. The van der Waals surface area contributed by atoms with E-state index in [4.69, 9.17) is 5.73 Å². The van der Waals surface area contributed by atoms with Gasteiger partial charge in [0.2, 0.25) is 0 Å². The summed E-state index contributed by atoms with van der Waals surface area (Å²) < 4.78 is 26.8. The molecule has 0 amide bonds. The van der Waals surface area contributed by atoms with E-state index in [0.29, 0.717) is 32.6 Å². The summed E-state index contributed by atoms with van der Waals surface area (Å²) in [6.07, 6.45) is 5.38. The van der Waals surface area contributed by atoms with E-state index in [2.05, 4.69) is 0 Å². The van der Waals surface area contributed by atoms with Gasteiger partial charge in [0, 0.05) is 26.7 Å². The van der Waals surface area contributed by atoms with Gasteiger partial charge in [-0.05, 0) is 19.4 Å². The smallest absolute Gasteiger partial charge is 0.282 e. The molecule has 0 radical (unpaired) electrons. The summed E-state index contributed by atoms with van der Waals surface area (Å²) in [4.78, 5) is 0. The van der Waals surface area contributed by atoms with Crippen LogP contribution in [-0.4, -0.2) is 50.3 Å². The Morgan fingerprint density at radius 2 is 2.20 bits per heavy atom. The molecule has 1 aliphatic heterocycles. The molecule has 1 heterocycles. The molecule has 0 aliphatic carbocycles. The van der Waals surface area contributed by atoms with Crippen molar-refractivity contribution in [3.63, 3.8) is 0 Å². The van der Waals surface area contributed by atoms with Crippen molar-refractivity contribution in [2.24, 2.45) is 5.73 Å². The second kappa shape index (κ2) is 5.60. The zero-order valence-corrected chi connectivity index (χ0v) is 9.91. The maximum absolute atomic E-state index is 12.0. The average molecular weight is 233 g/mol. The Labute approximate surface area is 91.7 Å². The predicted molar refractivity (Wildman–Crippen MR) is 60.6 cm³/mol. The van der Waals surface area contributed by atoms with Crippen LogP contribution in [-0.2, 0) is 10.2 Å². The van der Waals surface area contributed by atoms with E-state index >= 15 is 0 Å². The summed E-state index contributed by atoms with van der Waals surface area (Å²) in [5.41, 5.74) is 5.35. The zero-order chi connectivity index (χ0) is 11.3. The molecule has 0 aromatic rings. The van der Waals surface area contributed by atoms with Crippen molar-refractivity contribution >= 4 is 10.2 Å². The van der Waals surface area contributed by atoms with Crippen LogP contribution in [0.5, 0.6) is 0 Å². The maximum atomic E-state index is 12.0. The molecule has 0 unspecified atom stereocenters. The van der Waals surface area contributed by atoms with E-state index in [1.807, 2.05) is 12.2 Å². The minimum absolute atomic E-state index is 0.481. The van der Waals surface area contributed by atoms with Crippen LogP contribution < -0.4 is 5.73 Å². The van der Waals surface area contributed by atoms with Crippen LogP contribution in [0.1, 0.15) is 12.8 Å². The van der Waals surface area contributed by atoms with Gasteiger partial charge in [0.05, 0.1) is 0 Å². The van der Waals surface area contributed by atoms with Gasteiger partial charge >= 0.3 is 0 Å². The molecule has 5 nitrogen and oxygen atoms in total. The van der Waals surface area contributed by atoms with Crippen molar-refractivity contribution in [3.05, 3.63) is 12.2 Å². The number of nitrogens with two attached hydrogens (primary N) is 1. The summed E-state index contributed by atoms with van der Waals surface area (Å²) in [7, 11) is -1.67. The van der Waals surface area contributed by atoms with Crippen LogP contribution >= 0.6 is 0 Å². The average Bonchev–Trinajstić information content (AvgIpc) is 2.27. The topological polar surface area (TPSA) is 66.6 Å². The SMILES string of the molecule is CN(CCCN)S(=O)(=O)N1CC=CCC1. The van der Waals surface area contributed by atoms with Gasteiger partial charge in [0.1, 0.15) is 0 Å². The molecule has 88 valence electrons. The van der Waals surface area contributed by atoms with Gasteiger partial charge < -0.3 is 5.73 Å². The number of nitrogens with zero attached hydrogens (tertiary/aromatic N) is 2. The number of hydrogen-bond acceptors (Lipinski definition) is 3. The third-order valence-electron chi connectivity index (χ3n) is 2.42. The van der Waals surface area contributed by atoms with Gasteiger partial charge in [-0.25, -0.2) is 0 Å². The molecule has 0 saturated heterocycles. The lowest BCUT2D eigenvalue weighted by Gasteiger charge is -2.27. The fourth-order valence-corrected chi connectivity index (χ4v) is 2.82. The van der Waals surface area contributed by atoms with Crippen molar-refractivity contribution in [1.82, 2.24) is 8.61 Å². The van der Waals surface area contributed by atoms with Crippen LogP contribution in [0.25, 0.3) is 0 Å². The molecule has 1 aliphatic rings. The summed E-state index contributed by atoms with van der Waals surface area (Å²) >= 11 is 0. The number of rotatable bonds is 5. The normalized spacial score (nSPS) is 18.6. The molecule has 0 bridgehead atoms. The zero-order valence-electron chi connectivity index (χ0n) is 9.09. The molecule has 6 heteroatoms. The fraction of sp³-hybridized carbons (Fsp3) is 0.778. The minimum Gasteiger partial charge on any atom is -0.330 e. The van der Waals surface area contributed by atoms with Crippen LogP contribution in [0.4, 0.5) is 0 Å². The van der Waals surface area contributed by atoms with Crippen LogP contribution in [0, 0.1) is 0 Å². The second-order valence-corrected chi connectivity index (χ2v) is 5.63. The van der Waals surface area contributed by atoms with E-state index in [0.717, 1.165) is 6.42 Å². The van der Waals surface area contributed by atoms with Gasteiger partial charge in [-0.3, -0.25) is 0 Å². The van der Waals surface area contributed by atoms with Gasteiger partial charge in [-0.15, -0.1) is 0 Å². The Morgan fingerprint density at radius 1 is 1.47 bits per heavy atom. The van der Waals surface area contributed by atoms with Gasteiger partial charge in [-0.2, -0.15) is 17.0 Å². The lowest BCUT2D eigenvalue weighted by atomic mass is 10.3. The first-order valence-corrected chi connectivity index (χ1v) is 6.55. The van der Waals surface area contributed by atoms with Gasteiger partial charge in [0.15, 0.2) is 0 Å². The fourth-order valence-electron chi connectivity index (χ4n) is 1.46. The standard InChI is InChI=1S/C9H19N3O2S/c1-11(7-5-6-10)15(13,14)12-8-3-2-4-9-12/h2-3H,4-10H2,1H3. The van der Waals surface area contributed by atoms with Crippen molar-refractivity contribution < 1.29 is 8.42 Å². The summed E-state index contributed by atoms with van der Waals surface area (Å²) in [5, 5.41) is 0. The number of hydrogen-bond donors (Lipinski definition) is 1. The molecule has 0 fully saturated rings. The minimum atomic E-state index is -3.27. The van der Waals surface area contributed by atoms with Crippen molar-refractivity contribution in [2.75, 3.05) is 33.2 Å². The monoisotopic (exact) mass is 233 g/mol. The lowest BCUT2D eigenvalue weighted by molar-refractivity contribution is 0.372. The highest BCUT2D eigenvalue weighted by atomic mass is 32.2. The Hall–Kier alpha value is -0.430. The Morgan fingerprint density at radius 3 is 2.73 bits per heavy atom. The highest BCUT2D eigenvalue weighted by molar-refractivity contribution is 7.86. The third kappa shape index (κ3) is 3.27.